The van der Waals surface area contributed by atoms with E-state index in [1.807, 2.05) is 48.0 Å². The van der Waals surface area contributed by atoms with Crippen molar-refractivity contribution in [2.45, 2.75) is 19.5 Å². The van der Waals surface area contributed by atoms with Gasteiger partial charge >= 0.3 is 0 Å². The largest absolute Gasteiger partial charge is 0.497 e. The van der Waals surface area contributed by atoms with E-state index >= 15 is 0 Å². The van der Waals surface area contributed by atoms with Gasteiger partial charge in [0, 0.05) is 18.0 Å². The van der Waals surface area contributed by atoms with Crippen molar-refractivity contribution in [1.29, 1.82) is 0 Å². The summed E-state index contributed by atoms with van der Waals surface area (Å²) in [5, 5.41) is 8.97. The van der Waals surface area contributed by atoms with E-state index in [1.54, 1.807) is 30.5 Å². The van der Waals surface area contributed by atoms with Gasteiger partial charge in [0.2, 0.25) is 0 Å². The summed E-state index contributed by atoms with van der Waals surface area (Å²) in [5.74, 6) is 2.24. The molecule has 3 heterocycles. The summed E-state index contributed by atoms with van der Waals surface area (Å²) in [6.45, 7) is 2.59. The summed E-state index contributed by atoms with van der Waals surface area (Å²) in [4.78, 5) is 13.0. The molecule has 0 aliphatic rings. The Kier molecular flexibility index (Phi) is 4.61. The number of aromatic nitrogens is 7. The van der Waals surface area contributed by atoms with E-state index in [-0.39, 0.29) is 6.04 Å². The predicted molar refractivity (Wildman–Crippen MR) is 99.2 cm³/mol. The number of methoxy groups -OCH3 is 1. The van der Waals surface area contributed by atoms with E-state index in [9.17, 15) is 0 Å². The number of nitrogens with zero attached hydrogens (tertiary/aromatic N) is 7. The lowest BCUT2D eigenvalue weighted by molar-refractivity contribution is 0.414. The lowest BCUT2D eigenvalue weighted by atomic mass is 10.2. The molecule has 0 amide bonds. The van der Waals surface area contributed by atoms with E-state index in [0.717, 1.165) is 22.7 Å². The number of rotatable bonds is 6. The molecule has 136 valence electrons. The minimum Gasteiger partial charge on any atom is -0.497 e. The fraction of sp³-hybridized carbons (Fsp3) is 0.211. The highest BCUT2D eigenvalue weighted by atomic mass is 16.5. The topological polar surface area (TPSA) is 83.5 Å². The van der Waals surface area contributed by atoms with Crippen molar-refractivity contribution in [2.75, 3.05) is 7.11 Å². The van der Waals surface area contributed by atoms with Crippen LogP contribution in [0.5, 0.6) is 5.75 Å². The van der Waals surface area contributed by atoms with Crippen molar-refractivity contribution in [3.8, 4) is 17.1 Å². The Morgan fingerprint density at radius 2 is 2.07 bits per heavy atom. The van der Waals surface area contributed by atoms with Crippen LogP contribution in [0.25, 0.3) is 11.4 Å². The first-order valence-electron chi connectivity index (χ1n) is 8.57. The van der Waals surface area contributed by atoms with Gasteiger partial charge in [0.25, 0.3) is 0 Å². The summed E-state index contributed by atoms with van der Waals surface area (Å²) < 4.78 is 8.98. The van der Waals surface area contributed by atoms with Gasteiger partial charge in [-0.15, -0.1) is 0 Å². The average molecular weight is 361 g/mol. The fourth-order valence-corrected chi connectivity index (χ4v) is 2.88. The van der Waals surface area contributed by atoms with Gasteiger partial charge in [-0.25, -0.2) is 19.3 Å². The quantitative estimate of drug-likeness (QED) is 0.525. The molecular formula is C19H19N7O. The van der Waals surface area contributed by atoms with E-state index in [4.69, 9.17) is 14.8 Å². The Labute approximate surface area is 156 Å². The Balaban J connectivity index is 1.74. The molecule has 0 spiro atoms. The third kappa shape index (κ3) is 3.55. The second kappa shape index (κ2) is 7.36. The summed E-state index contributed by atoms with van der Waals surface area (Å²) in [5.41, 5.74) is 1.94. The zero-order valence-electron chi connectivity index (χ0n) is 15.1. The maximum absolute atomic E-state index is 5.33. The van der Waals surface area contributed by atoms with E-state index in [2.05, 4.69) is 15.1 Å². The predicted octanol–water partition coefficient (Wildman–Crippen LogP) is 2.60. The summed E-state index contributed by atoms with van der Waals surface area (Å²) in [6.07, 6.45) is 6.69. The molecular weight excluding hydrogens is 342 g/mol. The molecule has 0 aliphatic carbocycles. The smallest absolute Gasteiger partial charge is 0.183 e. The minimum absolute atomic E-state index is 0.115. The molecule has 0 saturated carbocycles. The van der Waals surface area contributed by atoms with E-state index in [0.29, 0.717) is 12.4 Å². The van der Waals surface area contributed by atoms with E-state index < -0.39 is 0 Å². The van der Waals surface area contributed by atoms with Gasteiger partial charge in [-0.2, -0.15) is 10.2 Å². The van der Waals surface area contributed by atoms with Crippen molar-refractivity contribution in [3.63, 3.8) is 0 Å². The van der Waals surface area contributed by atoms with Gasteiger partial charge in [0.05, 0.1) is 13.7 Å². The van der Waals surface area contributed by atoms with Crippen LogP contribution < -0.4 is 4.74 Å². The summed E-state index contributed by atoms with van der Waals surface area (Å²) >= 11 is 0. The Morgan fingerprint density at radius 3 is 2.81 bits per heavy atom. The van der Waals surface area contributed by atoms with Crippen LogP contribution in [0.2, 0.25) is 0 Å². The molecule has 8 heteroatoms. The lowest BCUT2D eigenvalue weighted by Gasteiger charge is -2.13. The van der Waals surface area contributed by atoms with Crippen LogP contribution >= 0.6 is 0 Å². The van der Waals surface area contributed by atoms with Crippen LogP contribution in [-0.2, 0) is 6.54 Å². The number of hydrogen-bond acceptors (Lipinski definition) is 6. The van der Waals surface area contributed by atoms with Gasteiger partial charge in [-0.05, 0) is 36.8 Å². The van der Waals surface area contributed by atoms with Crippen LogP contribution in [0.3, 0.4) is 0 Å². The van der Waals surface area contributed by atoms with Crippen LogP contribution in [-0.4, -0.2) is 41.6 Å². The zero-order valence-corrected chi connectivity index (χ0v) is 15.1. The van der Waals surface area contributed by atoms with Gasteiger partial charge < -0.3 is 4.74 Å². The first-order valence-corrected chi connectivity index (χ1v) is 8.57. The highest BCUT2D eigenvalue weighted by Crippen LogP contribution is 2.22. The van der Waals surface area contributed by atoms with Crippen molar-refractivity contribution in [3.05, 3.63) is 72.8 Å². The molecule has 3 aromatic heterocycles. The van der Waals surface area contributed by atoms with Crippen molar-refractivity contribution in [1.82, 2.24) is 34.5 Å². The first kappa shape index (κ1) is 16.9. The minimum atomic E-state index is -0.115. The molecule has 1 atom stereocenters. The fourth-order valence-electron chi connectivity index (χ4n) is 2.88. The Morgan fingerprint density at radius 1 is 1.15 bits per heavy atom. The number of hydrogen-bond donors (Lipinski definition) is 0. The first-order chi connectivity index (χ1) is 13.2. The molecule has 8 nitrogen and oxygen atoms in total. The van der Waals surface area contributed by atoms with Gasteiger partial charge in [-0.1, -0.05) is 12.1 Å². The van der Waals surface area contributed by atoms with Crippen LogP contribution in [0.4, 0.5) is 0 Å². The van der Waals surface area contributed by atoms with Gasteiger partial charge in [0.1, 0.15) is 24.4 Å². The molecule has 0 fully saturated rings. The highest BCUT2D eigenvalue weighted by Gasteiger charge is 2.19. The SMILES string of the molecule is COc1cccc(Cn2nc(-c3cccnc3)nc2[C@@H](C)n2cncn2)c1. The molecule has 0 aliphatic heterocycles. The number of ether oxygens (including phenoxy) is 1. The summed E-state index contributed by atoms with van der Waals surface area (Å²) in [7, 11) is 1.66. The molecule has 0 bridgehead atoms. The van der Waals surface area contributed by atoms with E-state index in [1.165, 1.54) is 6.33 Å². The second-order valence-electron chi connectivity index (χ2n) is 6.10. The highest BCUT2D eigenvalue weighted by molar-refractivity contribution is 5.52. The van der Waals surface area contributed by atoms with Crippen molar-refractivity contribution >= 4 is 0 Å². The second-order valence-corrected chi connectivity index (χ2v) is 6.10. The average Bonchev–Trinajstić information content (AvgIpc) is 3.39. The molecule has 0 unspecified atom stereocenters. The molecule has 4 rings (SSSR count). The molecule has 1 aromatic carbocycles. The molecule has 0 N–H and O–H groups in total. The molecule has 0 radical (unpaired) electrons. The van der Waals surface area contributed by atoms with Crippen LogP contribution in [0, 0.1) is 0 Å². The molecule has 27 heavy (non-hydrogen) atoms. The number of pyridine rings is 1. The standard InChI is InChI=1S/C19H19N7O/c1-14(26-13-21-12-22-26)19-23-18(16-6-4-8-20-10-16)24-25(19)11-15-5-3-7-17(9-15)27-2/h3-10,12-14H,11H2,1-2H3/t14-/m1/s1. The third-order valence-corrected chi connectivity index (χ3v) is 4.29. The Hall–Kier alpha value is -3.55. The monoisotopic (exact) mass is 361 g/mol. The van der Waals surface area contributed by atoms with Crippen LogP contribution in [0.1, 0.15) is 24.4 Å². The number of benzene rings is 1. The van der Waals surface area contributed by atoms with Crippen molar-refractivity contribution < 1.29 is 4.74 Å². The molecule has 0 saturated heterocycles. The maximum Gasteiger partial charge on any atom is 0.183 e. The van der Waals surface area contributed by atoms with Gasteiger partial charge in [0.15, 0.2) is 11.6 Å². The zero-order chi connectivity index (χ0) is 18.6. The van der Waals surface area contributed by atoms with Crippen LogP contribution in [0.15, 0.2) is 61.4 Å². The maximum atomic E-state index is 5.33. The third-order valence-electron chi connectivity index (χ3n) is 4.29. The summed E-state index contributed by atoms with van der Waals surface area (Å²) in [6, 6.07) is 11.6. The van der Waals surface area contributed by atoms with Gasteiger partial charge in [-0.3, -0.25) is 4.98 Å². The van der Waals surface area contributed by atoms with Crippen molar-refractivity contribution in [2.24, 2.45) is 0 Å². The molecule has 4 aromatic rings. The Bertz CT molecular complexity index is 1010. The normalized spacial score (nSPS) is 12.1. The lowest BCUT2D eigenvalue weighted by Crippen LogP contribution is -2.15.